The van der Waals surface area contributed by atoms with Gasteiger partial charge in [-0.05, 0) is 24.3 Å². The van der Waals surface area contributed by atoms with E-state index in [9.17, 15) is 4.79 Å². The van der Waals surface area contributed by atoms with Gasteiger partial charge >= 0.3 is 0 Å². The fourth-order valence-electron chi connectivity index (χ4n) is 1.58. The summed E-state index contributed by atoms with van der Waals surface area (Å²) in [6, 6.07) is 7.91. The van der Waals surface area contributed by atoms with Gasteiger partial charge in [0, 0.05) is 12.0 Å². The van der Waals surface area contributed by atoms with Gasteiger partial charge in [0.05, 0.1) is 0 Å². The molecule has 0 fully saturated rings. The Morgan fingerprint density at radius 1 is 1.07 bits per heavy atom. The van der Waals surface area contributed by atoms with Crippen LogP contribution in [0.5, 0.6) is 0 Å². The van der Waals surface area contributed by atoms with Crippen LogP contribution in [-0.2, 0) is 6.42 Å². The zero-order chi connectivity index (χ0) is 11.3. The zero-order valence-corrected chi connectivity index (χ0v) is 9.92. The Morgan fingerprint density at radius 2 is 1.67 bits per heavy atom. The van der Waals surface area contributed by atoms with Crippen LogP contribution in [0.4, 0.5) is 0 Å². The maximum Gasteiger partial charge on any atom is 0.163 e. The molecule has 0 aromatic heterocycles. The van der Waals surface area contributed by atoms with Crippen LogP contribution in [0.3, 0.4) is 0 Å². The van der Waals surface area contributed by atoms with Gasteiger partial charge in [-0.2, -0.15) is 0 Å². The third-order valence-corrected chi connectivity index (χ3v) is 2.17. The van der Waals surface area contributed by atoms with Gasteiger partial charge in [-0.15, -0.1) is 0 Å². The van der Waals surface area contributed by atoms with Gasteiger partial charge in [0.2, 0.25) is 0 Å². The van der Waals surface area contributed by atoms with Gasteiger partial charge < -0.3 is 0 Å². The molecular weight excluding hydrogens is 184 g/mol. The topological polar surface area (TPSA) is 17.1 Å². The molecule has 2 rings (SSSR count). The van der Waals surface area contributed by atoms with Crippen LogP contribution in [0.1, 0.15) is 49.5 Å². The van der Waals surface area contributed by atoms with Crippen molar-refractivity contribution < 1.29 is 4.79 Å². The molecule has 1 aliphatic rings. The Balaban J connectivity index is 0.000000245. The number of carbonyl (C=O) groups excluding carboxylic acids is 1. The lowest BCUT2D eigenvalue weighted by Gasteiger charge is -2.12. The summed E-state index contributed by atoms with van der Waals surface area (Å²) in [5.41, 5.74) is 2.17. The molecule has 0 amide bonds. The fraction of sp³-hybridized carbons (Fsp3) is 0.500. The van der Waals surface area contributed by atoms with E-state index in [-0.39, 0.29) is 0 Å². The van der Waals surface area contributed by atoms with Gasteiger partial charge in [-0.3, -0.25) is 4.79 Å². The minimum Gasteiger partial charge on any atom is -0.294 e. The number of aryl methyl sites for hydroxylation is 1. The van der Waals surface area contributed by atoms with Crippen LogP contribution in [0.15, 0.2) is 24.3 Å². The molecule has 1 aliphatic carbocycles. The normalized spacial score (nSPS) is 14.3. The molecule has 1 nitrogen and oxygen atoms in total. The SMILES string of the molecule is CC(C)C.O=C1CCCc2ccccc21. The first-order chi connectivity index (χ1) is 7.11. The molecule has 82 valence electrons. The van der Waals surface area contributed by atoms with Crippen molar-refractivity contribution in [1.29, 1.82) is 0 Å². The van der Waals surface area contributed by atoms with E-state index in [1.165, 1.54) is 5.56 Å². The molecule has 0 aliphatic heterocycles. The first-order valence-electron chi connectivity index (χ1n) is 5.72. The lowest BCUT2D eigenvalue weighted by Crippen LogP contribution is -2.09. The molecule has 0 N–H and O–H groups in total. The van der Waals surface area contributed by atoms with Crippen molar-refractivity contribution in [3.8, 4) is 0 Å². The summed E-state index contributed by atoms with van der Waals surface area (Å²) in [5.74, 6) is 1.15. The van der Waals surface area contributed by atoms with E-state index in [4.69, 9.17) is 0 Å². The first kappa shape index (κ1) is 12.0. The molecule has 1 aromatic rings. The van der Waals surface area contributed by atoms with E-state index in [1.54, 1.807) is 0 Å². The first-order valence-corrected chi connectivity index (χ1v) is 5.72. The predicted molar refractivity (Wildman–Crippen MR) is 64.2 cm³/mol. The number of Topliss-reactive ketones (excluding diaryl/α,β-unsaturated/α-hetero) is 1. The molecule has 15 heavy (non-hydrogen) atoms. The van der Waals surface area contributed by atoms with E-state index >= 15 is 0 Å². The molecule has 1 aromatic carbocycles. The number of hydrogen-bond acceptors (Lipinski definition) is 1. The van der Waals surface area contributed by atoms with E-state index < -0.39 is 0 Å². The second kappa shape index (κ2) is 5.69. The lowest BCUT2D eigenvalue weighted by atomic mass is 9.91. The van der Waals surface area contributed by atoms with Gasteiger partial charge in [0.25, 0.3) is 0 Å². The maximum atomic E-state index is 11.3. The summed E-state index contributed by atoms with van der Waals surface area (Å²) in [6.07, 6.45) is 2.83. The summed E-state index contributed by atoms with van der Waals surface area (Å²) >= 11 is 0. The average Bonchev–Trinajstić information content (AvgIpc) is 2.18. The smallest absolute Gasteiger partial charge is 0.163 e. The summed E-state index contributed by atoms with van der Waals surface area (Å²) in [7, 11) is 0. The highest BCUT2D eigenvalue weighted by Gasteiger charge is 2.14. The average molecular weight is 204 g/mol. The van der Waals surface area contributed by atoms with Crippen molar-refractivity contribution in [1.82, 2.24) is 0 Å². The van der Waals surface area contributed by atoms with E-state index in [0.29, 0.717) is 5.78 Å². The Kier molecular flexibility index (Phi) is 4.54. The Morgan fingerprint density at radius 3 is 2.27 bits per heavy atom. The monoisotopic (exact) mass is 204 g/mol. The van der Waals surface area contributed by atoms with Gasteiger partial charge in [-0.1, -0.05) is 45.0 Å². The summed E-state index contributed by atoms with van der Waals surface area (Å²) < 4.78 is 0. The van der Waals surface area contributed by atoms with Crippen LogP contribution in [0.25, 0.3) is 0 Å². The predicted octanol–water partition coefficient (Wildman–Crippen LogP) is 3.87. The standard InChI is InChI=1S/C10H10O.C4H10/c11-10-7-3-5-8-4-1-2-6-9(8)10;1-4(2)3/h1-2,4,6H,3,5,7H2;4H,1-3H3. The Bertz CT molecular complexity index is 323. The highest BCUT2D eigenvalue weighted by atomic mass is 16.1. The molecule has 1 heteroatoms. The van der Waals surface area contributed by atoms with Gasteiger partial charge in [-0.25, -0.2) is 0 Å². The second-order valence-corrected chi connectivity index (χ2v) is 4.67. The van der Waals surface area contributed by atoms with Gasteiger partial charge in [0.15, 0.2) is 5.78 Å². The highest BCUT2D eigenvalue weighted by Crippen LogP contribution is 2.19. The van der Waals surface area contributed by atoms with E-state index in [2.05, 4.69) is 20.8 Å². The molecular formula is C14H20O. The van der Waals surface area contributed by atoms with E-state index in [1.807, 2.05) is 24.3 Å². The number of fused-ring (bicyclic) bond motifs is 1. The molecule has 0 unspecified atom stereocenters. The van der Waals surface area contributed by atoms with Crippen LogP contribution in [0, 0.1) is 5.92 Å². The number of carbonyl (C=O) groups is 1. The molecule has 0 atom stereocenters. The van der Waals surface area contributed by atoms with Crippen LogP contribution >= 0.6 is 0 Å². The molecule has 0 heterocycles. The molecule has 0 saturated heterocycles. The molecule has 0 spiro atoms. The quantitative estimate of drug-likeness (QED) is 0.627. The highest BCUT2D eigenvalue weighted by molar-refractivity contribution is 5.98. The van der Waals surface area contributed by atoms with E-state index in [0.717, 1.165) is 30.7 Å². The number of benzene rings is 1. The van der Waals surface area contributed by atoms with Crippen molar-refractivity contribution in [3.63, 3.8) is 0 Å². The molecule has 0 saturated carbocycles. The van der Waals surface area contributed by atoms with Crippen LogP contribution in [-0.4, -0.2) is 5.78 Å². The number of rotatable bonds is 0. The van der Waals surface area contributed by atoms with Crippen molar-refractivity contribution >= 4 is 5.78 Å². The maximum absolute atomic E-state index is 11.3. The fourth-order valence-corrected chi connectivity index (χ4v) is 1.58. The van der Waals surface area contributed by atoms with Crippen molar-refractivity contribution in [3.05, 3.63) is 35.4 Å². The Hall–Kier alpha value is -1.11. The Labute approximate surface area is 92.5 Å². The lowest BCUT2D eigenvalue weighted by molar-refractivity contribution is 0.0972. The summed E-state index contributed by atoms with van der Waals surface area (Å²) in [6.45, 7) is 6.50. The minimum absolute atomic E-state index is 0.312. The zero-order valence-electron chi connectivity index (χ0n) is 9.92. The van der Waals surface area contributed by atoms with Crippen molar-refractivity contribution in [2.45, 2.75) is 40.0 Å². The van der Waals surface area contributed by atoms with Crippen LogP contribution < -0.4 is 0 Å². The largest absolute Gasteiger partial charge is 0.294 e. The molecule has 0 bridgehead atoms. The van der Waals surface area contributed by atoms with Crippen molar-refractivity contribution in [2.24, 2.45) is 5.92 Å². The molecule has 0 radical (unpaired) electrons. The van der Waals surface area contributed by atoms with Gasteiger partial charge in [0.1, 0.15) is 0 Å². The second-order valence-electron chi connectivity index (χ2n) is 4.67. The number of ketones is 1. The minimum atomic E-state index is 0.312. The third-order valence-electron chi connectivity index (χ3n) is 2.17. The van der Waals surface area contributed by atoms with Crippen LogP contribution in [0.2, 0.25) is 0 Å². The summed E-state index contributed by atoms with van der Waals surface area (Å²) in [4.78, 5) is 11.3. The third kappa shape index (κ3) is 3.86. The van der Waals surface area contributed by atoms with Crippen molar-refractivity contribution in [2.75, 3.05) is 0 Å². The summed E-state index contributed by atoms with van der Waals surface area (Å²) in [5, 5.41) is 0. The number of hydrogen-bond donors (Lipinski definition) is 0.